The van der Waals surface area contributed by atoms with Crippen LogP contribution >= 0.6 is 0 Å². The zero-order chi connectivity index (χ0) is 29.7. The van der Waals surface area contributed by atoms with Crippen molar-refractivity contribution in [2.24, 2.45) is 0 Å². The third-order valence-electron chi connectivity index (χ3n) is 7.09. The maximum Gasteiger partial charge on any atom is 0.397 e. The molecular formula is C30H34N7O4S+. The average molecular weight is 589 g/mol. The van der Waals surface area contributed by atoms with Gasteiger partial charge in [-0.1, -0.05) is 23.2 Å². The quantitative estimate of drug-likeness (QED) is 0.209. The van der Waals surface area contributed by atoms with Crippen LogP contribution in [0.5, 0.6) is 0 Å². The van der Waals surface area contributed by atoms with Crippen molar-refractivity contribution in [2.45, 2.75) is 13.1 Å². The number of amides is 1. The van der Waals surface area contributed by atoms with Crippen molar-refractivity contribution < 1.29 is 22.3 Å². The highest BCUT2D eigenvalue weighted by Crippen LogP contribution is 2.28. The summed E-state index contributed by atoms with van der Waals surface area (Å²) in [7, 11) is -1.50. The summed E-state index contributed by atoms with van der Waals surface area (Å²) >= 11 is 0. The fourth-order valence-electron chi connectivity index (χ4n) is 4.91. The number of anilines is 3. The molecule has 2 aliphatic rings. The summed E-state index contributed by atoms with van der Waals surface area (Å²) in [6.45, 7) is 5.95. The number of aromatic nitrogens is 3. The first-order valence-electron chi connectivity index (χ1n) is 13.6. The summed E-state index contributed by atoms with van der Waals surface area (Å²) < 4.78 is 28.0. The SMILES string of the molecule is CN1CCN(Cc2ccc(C(=O)Nc3ccc4c(c3)Nc3nccc(-c5cccnc5)[n+]3C4)cc2)CC1.CS(=O)(=O)O. The number of carbonyl (C=O) groups is 1. The number of fused-ring (bicyclic) bond motifs is 2. The fraction of sp³-hybridized carbons (Fsp3) is 0.267. The Bertz CT molecular complexity index is 1650. The van der Waals surface area contributed by atoms with E-state index in [1.54, 1.807) is 12.4 Å². The zero-order valence-corrected chi connectivity index (χ0v) is 24.4. The molecule has 3 N–H and O–H groups in total. The Morgan fingerprint density at radius 2 is 1.79 bits per heavy atom. The van der Waals surface area contributed by atoms with Crippen molar-refractivity contribution in [3.63, 3.8) is 0 Å². The lowest BCUT2D eigenvalue weighted by Crippen LogP contribution is -2.43. The predicted octanol–water partition coefficient (Wildman–Crippen LogP) is 3.04. The number of pyridine rings is 1. The number of piperazine rings is 1. The monoisotopic (exact) mass is 588 g/mol. The number of carbonyl (C=O) groups excluding carboxylic acids is 1. The van der Waals surface area contributed by atoms with Crippen LogP contribution in [0.2, 0.25) is 0 Å². The number of nitrogens with zero attached hydrogens (tertiary/aromatic N) is 5. The molecule has 0 radical (unpaired) electrons. The van der Waals surface area contributed by atoms with Gasteiger partial charge in [-0.05, 0) is 42.9 Å². The maximum absolute atomic E-state index is 12.9. The van der Waals surface area contributed by atoms with Crippen LogP contribution in [-0.4, -0.2) is 78.1 Å². The largest absolute Gasteiger partial charge is 0.397 e. The molecule has 42 heavy (non-hydrogen) atoms. The van der Waals surface area contributed by atoms with Gasteiger partial charge in [0, 0.05) is 79.6 Å². The van der Waals surface area contributed by atoms with Crippen LogP contribution in [0, 0.1) is 0 Å². The Labute approximate surface area is 245 Å². The summed E-state index contributed by atoms with van der Waals surface area (Å²) in [5.41, 5.74) is 6.78. The minimum atomic E-state index is -3.67. The van der Waals surface area contributed by atoms with Crippen LogP contribution in [-0.2, 0) is 23.2 Å². The first-order valence-corrected chi connectivity index (χ1v) is 15.4. The number of rotatable bonds is 5. The topological polar surface area (TPSA) is 132 Å². The molecule has 0 spiro atoms. The molecule has 0 atom stereocenters. The Balaban J connectivity index is 0.000000652. The van der Waals surface area contributed by atoms with E-state index in [2.05, 4.69) is 54.1 Å². The minimum Gasteiger partial charge on any atom is -0.322 e. The summed E-state index contributed by atoms with van der Waals surface area (Å²) in [6, 6.07) is 19.9. The van der Waals surface area contributed by atoms with E-state index in [0.29, 0.717) is 18.4 Å². The molecule has 1 saturated heterocycles. The highest BCUT2D eigenvalue weighted by molar-refractivity contribution is 7.85. The average Bonchev–Trinajstić information content (AvgIpc) is 2.97. The van der Waals surface area contributed by atoms with Crippen LogP contribution in [0.3, 0.4) is 0 Å². The van der Waals surface area contributed by atoms with Crippen molar-refractivity contribution >= 4 is 33.3 Å². The molecule has 0 unspecified atom stereocenters. The lowest BCUT2D eigenvalue weighted by atomic mass is 10.1. The van der Waals surface area contributed by atoms with Crippen molar-refractivity contribution in [1.82, 2.24) is 19.8 Å². The first kappa shape index (κ1) is 29.3. The normalized spacial score (nSPS) is 14.9. The van der Waals surface area contributed by atoms with Gasteiger partial charge >= 0.3 is 5.95 Å². The van der Waals surface area contributed by atoms with Gasteiger partial charge in [-0.2, -0.15) is 8.42 Å². The second kappa shape index (κ2) is 12.7. The van der Waals surface area contributed by atoms with Gasteiger partial charge in [0.2, 0.25) is 0 Å². The second-order valence-electron chi connectivity index (χ2n) is 10.4. The van der Waals surface area contributed by atoms with Gasteiger partial charge in [-0.15, -0.1) is 0 Å². The number of likely N-dealkylation sites (N-methyl/N-ethyl adjacent to an activating group) is 1. The molecule has 6 rings (SSSR count). The summed E-state index contributed by atoms with van der Waals surface area (Å²) in [5.74, 6) is 0.641. The van der Waals surface area contributed by atoms with E-state index in [1.807, 2.05) is 54.7 Å². The van der Waals surface area contributed by atoms with Gasteiger partial charge in [0.05, 0.1) is 6.26 Å². The molecule has 0 aliphatic carbocycles. The van der Waals surface area contributed by atoms with Crippen LogP contribution in [0.1, 0.15) is 21.5 Å². The number of benzene rings is 2. The van der Waals surface area contributed by atoms with E-state index >= 15 is 0 Å². The van der Waals surface area contributed by atoms with Crippen molar-refractivity contribution in [2.75, 3.05) is 50.1 Å². The summed E-state index contributed by atoms with van der Waals surface area (Å²) in [4.78, 5) is 26.6. The Kier molecular flexibility index (Phi) is 8.88. The maximum atomic E-state index is 12.9. The zero-order valence-electron chi connectivity index (χ0n) is 23.6. The van der Waals surface area contributed by atoms with Gasteiger partial charge in [0.15, 0.2) is 0 Å². The van der Waals surface area contributed by atoms with Crippen LogP contribution < -0.4 is 15.2 Å². The third-order valence-corrected chi connectivity index (χ3v) is 7.09. The van der Waals surface area contributed by atoms with Gasteiger partial charge in [0.25, 0.3) is 16.0 Å². The molecule has 11 nitrogen and oxygen atoms in total. The highest BCUT2D eigenvalue weighted by Gasteiger charge is 2.25. The van der Waals surface area contributed by atoms with E-state index in [1.165, 1.54) is 5.56 Å². The molecule has 0 bridgehead atoms. The van der Waals surface area contributed by atoms with Crippen molar-refractivity contribution in [1.29, 1.82) is 0 Å². The van der Waals surface area contributed by atoms with Gasteiger partial charge in [-0.25, -0.2) is 9.88 Å². The Morgan fingerprint density at radius 1 is 1.05 bits per heavy atom. The molecule has 4 aromatic rings. The van der Waals surface area contributed by atoms with Gasteiger partial charge in [0.1, 0.15) is 24.1 Å². The second-order valence-corrected chi connectivity index (χ2v) is 11.9. The highest BCUT2D eigenvalue weighted by atomic mass is 32.2. The van der Waals surface area contributed by atoms with E-state index < -0.39 is 10.1 Å². The molecular weight excluding hydrogens is 554 g/mol. The number of hydrogen-bond donors (Lipinski definition) is 3. The number of nitrogens with one attached hydrogen (secondary N) is 2. The van der Waals surface area contributed by atoms with E-state index in [-0.39, 0.29) is 5.91 Å². The van der Waals surface area contributed by atoms with Gasteiger partial charge in [-0.3, -0.25) is 19.2 Å². The molecule has 2 aliphatic heterocycles. The van der Waals surface area contributed by atoms with Crippen LogP contribution in [0.25, 0.3) is 11.3 Å². The minimum absolute atomic E-state index is 0.117. The molecule has 12 heteroatoms. The fourth-order valence-corrected chi connectivity index (χ4v) is 4.91. The Hall–Kier alpha value is -4.23. The lowest BCUT2D eigenvalue weighted by molar-refractivity contribution is -0.667. The molecule has 1 fully saturated rings. The van der Waals surface area contributed by atoms with E-state index in [0.717, 1.165) is 66.9 Å². The number of hydrogen-bond acceptors (Lipinski definition) is 8. The van der Waals surface area contributed by atoms with E-state index in [9.17, 15) is 13.2 Å². The van der Waals surface area contributed by atoms with Crippen LogP contribution in [0.15, 0.2) is 79.3 Å². The molecule has 4 heterocycles. The lowest BCUT2D eigenvalue weighted by Gasteiger charge is -2.32. The smallest absolute Gasteiger partial charge is 0.322 e. The molecule has 2 aromatic heterocycles. The van der Waals surface area contributed by atoms with Crippen molar-refractivity contribution in [3.05, 3.63) is 95.9 Å². The van der Waals surface area contributed by atoms with Gasteiger partial charge < -0.3 is 10.2 Å². The molecule has 218 valence electrons. The Morgan fingerprint density at radius 3 is 2.48 bits per heavy atom. The molecule has 0 saturated carbocycles. The third kappa shape index (κ3) is 7.74. The predicted molar refractivity (Wildman–Crippen MR) is 161 cm³/mol. The molecule has 2 aromatic carbocycles. The van der Waals surface area contributed by atoms with Crippen molar-refractivity contribution in [3.8, 4) is 11.3 Å². The summed E-state index contributed by atoms with van der Waals surface area (Å²) in [6.07, 6.45) is 6.14. The molecule has 1 amide bonds. The van der Waals surface area contributed by atoms with E-state index in [4.69, 9.17) is 4.55 Å². The van der Waals surface area contributed by atoms with Crippen LogP contribution in [0.4, 0.5) is 17.3 Å². The standard InChI is InChI=1S/C29H29N7O.CH4O3S/c1-34-13-15-35(16-14-34)19-21-4-6-22(7-5-21)28(37)32-25-9-8-24-20-36-27(23-3-2-11-30-18-23)10-12-31-29(36)33-26(24)17-25;1-5(2,3)4/h2-12,17-18H,13-16,19-20H2,1H3,(H,32,37);1H3,(H,2,3,4)/p+1. The summed E-state index contributed by atoms with van der Waals surface area (Å²) in [5, 5.41) is 6.47. The first-order chi connectivity index (χ1) is 20.1.